The topological polar surface area (TPSA) is 72.5 Å². The second-order valence-corrected chi connectivity index (χ2v) is 6.53. The number of carbonyl (C=O) groups excluding carboxylic acids is 1. The smallest absolute Gasteiger partial charge is 0.324 e. The molecule has 2 atom stereocenters. The molecule has 1 aromatic carbocycles. The van der Waals surface area contributed by atoms with Gasteiger partial charge in [0.05, 0.1) is 12.1 Å². The van der Waals surface area contributed by atoms with Crippen LogP contribution in [-0.4, -0.2) is 27.5 Å². The summed E-state index contributed by atoms with van der Waals surface area (Å²) in [6, 6.07) is 5.12. The van der Waals surface area contributed by atoms with Crippen LogP contribution in [0.5, 0.6) is 0 Å². The van der Waals surface area contributed by atoms with E-state index in [1.807, 2.05) is 6.92 Å². The summed E-state index contributed by atoms with van der Waals surface area (Å²) in [5.41, 5.74) is 0. The normalized spacial score (nSPS) is 14.6. The Morgan fingerprint density at radius 2 is 2.00 bits per heavy atom. The number of rotatable bonds is 6. The van der Waals surface area contributed by atoms with Crippen LogP contribution in [0.4, 0.5) is 0 Å². The summed E-state index contributed by atoms with van der Waals surface area (Å²) in [5, 5.41) is 0.104. The molecule has 7 heteroatoms. The van der Waals surface area contributed by atoms with Gasteiger partial charge in [0.2, 0.25) is 10.0 Å². The molecule has 0 bridgehead atoms. The predicted octanol–water partition coefficient (Wildman–Crippen LogP) is 2.21. The zero-order valence-electron chi connectivity index (χ0n) is 11.6. The quantitative estimate of drug-likeness (QED) is 0.816. The second-order valence-electron chi connectivity index (χ2n) is 4.44. The van der Waals surface area contributed by atoms with E-state index in [0.717, 1.165) is 0 Å². The average Bonchev–Trinajstić information content (AvgIpc) is 2.43. The van der Waals surface area contributed by atoms with Crippen LogP contribution in [0.1, 0.15) is 20.3 Å². The van der Waals surface area contributed by atoms with E-state index in [4.69, 9.17) is 11.6 Å². The molecule has 0 fully saturated rings. The lowest BCUT2D eigenvalue weighted by Crippen LogP contribution is -2.45. The van der Waals surface area contributed by atoms with Crippen molar-refractivity contribution in [2.45, 2.75) is 31.2 Å². The molecule has 0 radical (unpaired) electrons. The van der Waals surface area contributed by atoms with E-state index < -0.39 is 22.0 Å². The molecule has 0 aliphatic heterocycles. The Morgan fingerprint density at radius 1 is 1.40 bits per heavy atom. The summed E-state index contributed by atoms with van der Waals surface area (Å²) in [5.74, 6) is -0.810. The van der Waals surface area contributed by atoms with E-state index in [1.165, 1.54) is 19.2 Å². The minimum absolute atomic E-state index is 0.0566. The fourth-order valence-corrected chi connectivity index (χ4v) is 3.47. The van der Waals surface area contributed by atoms with Crippen molar-refractivity contribution in [3.63, 3.8) is 0 Å². The van der Waals surface area contributed by atoms with Crippen molar-refractivity contribution in [2.24, 2.45) is 5.92 Å². The van der Waals surface area contributed by atoms with Crippen molar-refractivity contribution < 1.29 is 17.9 Å². The monoisotopic (exact) mass is 319 g/mol. The van der Waals surface area contributed by atoms with E-state index in [2.05, 4.69) is 9.46 Å². The van der Waals surface area contributed by atoms with Gasteiger partial charge in [0, 0.05) is 0 Å². The van der Waals surface area contributed by atoms with Crippen LogP contribution in [0.2, 0.25) is 5.02 Å². The van der Waals surface area contributed by atoms with Gasteiger partial charge in [0.25, 0.3) is 0 Å². The van der Waals surface area contributed by atoms with Gasteiger partial charge in [-0.2, -0.15) is 4.72 Å². The molecule has 20 heavy (non-hydrogen) atoms. The molecule has 0 saturated carbocycles. The Balaban J connectivity index is 3.10. The van der Waals surface area contributed by atoms with Gasteiger partial charge in [-0.25, -0.2) is 8.42 Å². The SMILES string of the molecule is CC[C@H](C)[C@H](NS(=O)(=O)c1ccccc1Cl)C(=O)OC. The van der Waals surface area contributed by atoms with E-state index in [9.17, 15) is 13.2 Å². The molecular formula is C13H18ClNO4S. The Hall–Kier alpha value is -1.11. The molecule has 0 unspecified atom stereocenters. The molecule has 0 aliphatic rings. The van der Waals surface area contributed by atoms with E-state index in [-0.39, 0.29) is 15.8 Å². The molecule has 0 heterocycles. The third-order valence-electron chi connectivity index (χ3n) is 3.08. The van der Waals surface area contributed by atoms with Gasteiger partial charge in [-0.15, -0.1) is 0 Å². The number of ether oxygens (including phenoxy) is 1. The van der Waals surface area contributed by atoms with E-state index in [1.54, 1.807) is 19.1 Å². The first-order valence-electron chi connectivity index (χ1n) is 6.18. The largest absolute Gasteiger partial charge is 0.468 e. The first-order valence-corrected chi connectivity index (χ1v) is 8.04. The third kappa shape index (κ3) is 3.94. The zero-order valence-corrected chi connectivity index (χ0v) is 13.2. The second kappa shape index (κ2) is 7.06. The van der Waals surface area contributed by atoms with Crippen LogP contribution in [0.3, 0.4) is 0 Å². The number of carbonyl (C=O) groups is 1. The van der Waals surface area contributed by atoms with Gasteiger partial charge in [0.1, 0.15) is 10.9 Å². The van der Waals surface area contributed by atoms with Crippen LogP contribution in [0.15, 0.2) is 29.2 Å². The van der Waals surface area contributed by atoms with Crippen molar-refractivity contribution in [1.29, 1.82) is 0 Å². The fraction of sp³-hybridized carbons (Fsp3) is 0.462. The predicted molar refractivity (Wildman–Crippen MR) is 77.0 cm³/mol. The summed E-state index contributed by atoms with van der Waals surface area (Å²) in [4.78, 5) is 11.7. The van der Waals surface area contributed by atoms with E-state index >= 15 is 0 Å². The molecular weight excluding hydrogens is 302 g/mol. The molecule has 0 spiro atoms. The van der Waals surface area contributed by atoms with Crippen LogP contribution in [0, 0.1) is 5.92 Å². The lowest BCUT2D eigenvalue weighted by Gasteiger charge is -2.22. The van der Waals surface area contributed by atoms with Gasteiger partial charge < -0.3 is 4.74 Å². The highest BCUT2D eigenvalue weighted by Gasteiger charge is 2.31. The van der Waals surface area contributed by atoms with Gasteiger partial charge in [-0.05, 0) is 18.1 Å². The van der Waals surface area contributed by atoms with E-state index in [0.29, 0.717) is 6.42 Å². The third-order valence-corrected chi connectivity index (χ3v) is 5.02. The lowest BCUT2D eigenvalue weighted by atomic mass is 10.0. The van der Waals surface area contributed by atoms with Gasteiger partial charge in [-0.3, -0.25) is 4.79 Å². The summed E-state index contributed by atoms with van der Waals surface area (Å²) in [6.45, 7) is 3.64. The Bertz CT molecular complexity index is 573. The van der Waals surface area contributed by atoms with Crippen LogP contribution in [0.25, 0.3) is 0 Å². The molecule has 0 aliphatic carbocycles. The molecule has 0 saturated heterocycles. The molecule has 112 valence electrons. The molecule has 0 aromatic heterocycles. The van der Waals surface area contributed by atoms with Crippen LogP contribution in [-0.2, 0) is 19.6 Å². The number of halogens is 1. The standard InChI is InChI=1S/C13H18ClNO4S/c1-4-9(2)12(13(16)19-3)15-20(17,18)11-8-6-5-7-10(11)14/h5-9,12,15H,4H2,1-3H3/t9-,12-/m0/s1. The number of sulfonamides is 1. The number of nitrogens with one attached hydrogen (secondary N) is 1. The molecule has 1 N–H and O–H groups in total. The summed E-state index contributed by atoms with van der Waals surface area (Å²) >= 11 is 5.88. The van der Waals surface area contributed by atoms with Crippen molar-refractivity contribution in [2.75, 3.05) is 7.11 Å². The molecule has 5 nitrogen and oxygen atoms in total. The van der Waals surface area contributed by atoms with Crippen molar-refractivity contribution in [3.05, 3.63) is 29.3 Å². The number of hydrogen-bond acceptors (Lipinski definition) is 4. The minimum atomic E-state index is -3.88. The fourth-order valence-electron chi connectivity index (χ4n) is 1.65. The Kier molecular flexibility index (Phi) is 5.98. The number of methoxy groups -OCH3 is 1. The van der Waals surface area contributed by atoms with Crippen LogP contribution < -0.4 is 4.72 Å². The van der Waals surface area contributed by atoms with Crippen LogP contribution >= 0.6 is 11.6 Å². The van der Waals surface area contributed by atoms with Crippen molar-refractivity contribution in [3.8, 4) is 0 Å². The summed E-state index contributed by atoms with van der Waals surface area (Å²) < 4.78 is 31.6. The minimum Gasteiger partial charge on any atom is -0.468 e. The summed E-state index contributed by atoms with van der Waals surface area (Å²) in [7, 11) is -2.66. The number of hydrogen-bond donors (Lipinski definition) is 1. The van der Waals surface area contributed by atoms with Crippen molar-refractivity contribution >= 4 is 27.6 Å². The Labute approximate surface area is 124 Å². The molecule has 1 aromatic rings. The highest BCUT2D eigenvalue weighted by molar-refractivity contribution is 7.89. The maximum absolute atomic E-state index is 12.3. The number of benzene rings is 1. The van der Waals surface area contributed by atoms with Gasteiger partial charge >= 0.3 is 5.97 Å². The van der Waals surface area contributed by atoms with Gasteiger partial charge in [0.15, 0.2) is 0 Å². The van der Waals surface area contributed by atoms with Crippen molar-refractivity contribution in [1.82, 2.24) is 4.72 Å². The molecule has 1 rings (SSSR count). The maximum Gasteiger partial charge on any atom is 0.324 e. The lowest BCUT2D eigenvalue weighted by molar-refractivity contribution is -0.143. The zero-order chi connectivity index (χ0) is 15.3. The average molecular weight is 320 g/mol. The first kappa shape index (κ1) is 16.9. The molecule has 0 amide bonds. The first-order chi connectivity index (χ1) is 9.33. The number of esters is 1. The van der Waals surface area contributed by atoms with Gasteiger partial charge in [-0.1, -0.05) is 44.0 Å². The maximum atomic E-state index is 12.3. The summed E-state index contributed by atoms with van der Waals surface area (Å²) in [6.07, 6.45) is 0.630. The Morgan fingerprint density at radius 3 is 2.50 bits per heavy atom. The highest BCUT2D eigenvalue weighted by atomic mass is 35.5. The highest BCUT2D eigenvalue weighted by Crippen LogP contribution is 2.22.